The molecule has 0 N–H and O–H groups in total. The zero-order valence-corrected chi connectivity index (χ0v) is 14.6. The summed E-state index contributed by atoms with van der Waals surface area (Å²) in [7, 11) is 0. The van der Waals surface area contributed by atoms with Gasteiger partial charge in [-0.2, -0.15) is 0 Å². The molecule has 2 atom stereocenters. The van der Waals surface area contributed by atoms with Gasteiger partial charge in [0.25, 0.3) is 0 Å². The van der Waals surface area contributed by atoms with Gasteiger partial charge in [0.1, 0.15) is 0 Å². The first-order chi connectivity index (χ1) is 8.68. The summed E-state index contributed by atoms with van der Waals surface area (Å²) < 4.78 is 0. The molecule has 2 unspecified atom stereocenters. The van der Waals surface area contributed by atoms with Crippen molar-refractivity contribution in [2.24, 2.45) is 22.7 Å². The maximum Gasteiger partial charge on any atom is -0.0154 e. The molecule has 0 amide bonds. The van der Waals surface area contributed by atoms with Gasteiger partial charge in [-0.05, 0) is 49.4 Å². The van der Waals surface area contributed by atoms with Crippen LogP contribution in [-0.2, 0) is 0 Å². The van der Waals surface area contributed by atoms with E-state index >= 15 is 0 Å². The first-order valence-electron chi connectivity index (χ1n) is 8.16. The number of rotatable bonds is 9. The average molecular weight is 266 g/mol. The Labute approximate surface area is 123 Å². The lowest BCUT2D eigenvalue weighted by Gasteiger charge is -2.42. The molecule has 0 heterocycles. The second kappa shape index (κ2) is 8.12. The van der Waals surface area contributed by atoms with Gasteiger partial charge in [0.15, 0.2) is 0 Å². The molecule has 113 valence electrons. The van der Waals surface area contributed by atoms with Gasteiger partial charge in [-0.25, -0.2) is 0 Å². The predicted octanol–water partition coefficient (Wildman–Crippen LogP) is 6.67. The average Bonchev–Trinajstić information content (AvgIpc) is 2.25. The van der Waals surface area contributed by atoms with Crippen molar-refractivity contribution in [3.63, 3.8) is 0 Å². The number of hydrogen-bond acceptors (Lipinski definition) is 0. The summed E-state index contributed by atoms with van der Waals surface area (Å²) in [5, 5.41) is 0. The standard InChI is InChI=1S/C19H37/c1-9-12-14-16(11-3)17(13-10-2)19(7,8)15-18(4,5)6/h10,13,16-17H,4,9,11-12,14-15H2,1-3,5-8H3. The minimum absolute atomic E-state index is 0.159. The van der Waals surface area contributed by atoms with E-state index in [0.29, 0.717) is 11.3 Å². The number of allylic oxidation sites excluding steroid dienone is 2. The highest BCUT2D eigenvalue weighted by molar-refractivity contribution is 4.99. The van der Waals surface area contributed by atoms with Crippen molar-refractivity contribution < 1.29 is 0 Å². The zero-order chi connectivity index (χ0) is 15.1. The van der Waals surface area contributed by atoms with Crippen LogP contribution in [0.4, 0.5) is 0 Å². The van der Waals surface area contributed by atoms with Crippen LogP contribution in [0.25, 0.3) is 0 Å². The van der Waals surface area contributed by atoms with Crippen LogP contribution in [-0.4, -0.2) is 0 Å². The van der Waals surface area contributed by atoms with Crippen LogP contribution in [0.3, 0.4) is 0 Å². The third kappa shape index (κ3) is 7.18. The van der Waals surface area contributed by atoms with Crippen LogP contribution in [0.5, 0.6) is 0 Å². The van der Waals surface area contributed by atoms with Crippen LogP contribution in [0.2, 0.25) is 0 Å². The molecule has 0 saturated heterocycles. The van der Waals surface area contributed by atoms with Gasteiger partial charge in [-0.3, -0.25) is 0 Å². The van der Waals surface area contributed by atoms with Crippen LogP contribution in [0.1, 0.15) is 80.6 Å². The normalized spacial score (nSPS) is 16.8. The van der Waals surface area contributed by atoms with E-state index < -0.39 is 0 Å². The molecule has 19 heavy (non-hydrogen) atoms. The summed E-state index contributed by atoms with van der Waals surface area (Å²) in [6.45, 7) is 20.5. The fraction of sp³-hybridized carbons (Fsp3) is 0.842. The van der Waals surface area contributed by atoms with Gasteiger partial charge in [0.05, 0.1) is 0 Å². The highest BCUT2D eigenvalue weighted by Crippen LogP contribution is 2.44. The van der Waals surface area contributed by atoms with Crippen LogP contribution >= 0.6 is 0 Å². The van der Waals surface area contributed by atoms with Crippen molar-refractivity contribution in [2.45, 2.75) is 80.6 Å². The SMILES string of the molecule is [CH2]C(C)(C)CC(C)(C)C(C=CC)C(CC)CCCC. The second-order valence-electron chi connectivity index (χ2n) is 7.69. The number of hydrogen-bond donors (Lipinski definition) is 0. The fourth-order valence-electron chi connectivity index (χ4n) is 3.72. The summed E-state index contributed by atoms with van der Waals surface area (Å²) in [5.74, 6) is 1.49. The van der Waals surface area contributed by atoms with Crippen molar-refractivity contribution >= 4 is 0 Å². The van der Waals surface area contributed by atoms with E-state index in [9.17, 15) is 0 Å². The zero-order valence-electron chi connectivity index (χ0n) is 14.6. The maximum atomic E-state index is 4.32. The Morgan fingerprint density at radius 1 is 1.11 bits per heavy atom. The Morgan fingerprint density at radius 2 is 1.68 bits per heavy atom. The molecule has 0 aromatic heterocycles. The van der Waals surface area contributed by atoms with E-state index in [-0.39, 0.29) is 5.41 Å². The highest BCUT2D eigenvalue weighted by atomic mass is 14.4. The van der Waals surface area contributed by atoms with Crippen LogP contribution in [0.15, 0.2) is 12.2 Å². The molecule has 0 aliphatic rings. The van der Waals surface area contributed by atoms with Crippen molar-refractivity contribution in [2.75, 3.05) is 0 Å². The topological polar surface area (TPSA) is 0 Å². The molecule has 0 aromatic rings. The Morgan fingerprint density at radius 3 is 2.05 bits per heavy atom. The Hall–Kier alpha value is -0.260. The molecule has 0 spiro atoms. The smallest absolute Gasteiger partial charge is 0.0154 e. The molecule has 0 saturated carbocycles. The van der Waals surface area contributed by atoms with Gasteiger partial charge in [0, 0.05) is 0 Å². The fourth-order valence-corrected chi connectivity index (χ4v) is 3.72. The van der Waals surface area contributed by atoms with Crippen molar-refractivity contribution in [1.29, 1.82) is 0 Å². The van der Waals surface area contributed by atoms with Crippen LogP contribution < -0.4 is 0 Å². The maximum absolute atomic E-state index is 4.32. The van der Waals surface area contributed by atoms with E-state index in [0.717, 1.165) is 5.92 Å². The molecule has 0 aliphatic heterocycles. The molecule has 0 fully saturated rings. The summed E-state index contributed by atoms with van der Waals surface area (Å²) >= 11 is 0. The van der Waals surface area contributed by atoms with Crippen molar-refractivity contribution in [3.8, 4) is 0 Å². The quantitative estimate of drug-likeness (QED) is 0.408. The second-order valence-corrected chi connectivity index (χ2v) is 7.69. The predicted molar refractivity (Wildman–Crippen MR) is 89.1 cm³/mol. The third-order valence-electron chi connectivity index (χ3n) is 4.20. The Balaban J connectivity index is 5.04. The highest BCUT2D eigenvalue weighted by Gasteiger charge is 2.35. The summed E-state index contributed by atoms with van der Waals surface area (Å²) in [6.07, 6.45) is 11.2. The van der Waals surface area contributed by atoms with Gasteiger partial charge in [0.2, 0.25) is 0 Å². The van der Waals surface area contributed by atoms with E-state index in [1.54, 1.807) is 0 Å². The molecule has 0 bridgehead atoms. The van der Waals surface area contributed by atoms with Crippen LogP contribution in [0, 0.1) is 29.6 Å². The van der Waals surface area contributed by atoms with E-state index in [4.69, 9.17) is 0 Å². The van der Waals surface area contributed by atoms with Crippen molar-refractivity contribution in [3.05, 3.63) is 19.1 Å². The molecule has 0 heteroatoms. The first kappa shape index (κ1) is 18.7. The lowest BCUT2D eigenvalue weighted by Crippen LogP contribution is -2.33. The lowest BCUT2D eigenvalue weighted by atomic mass is 9.63. The summed E-state index contributed by atoms with van der Waals surface area (Å²) in [5.41, 5.74) is 0.485. The molecule has 0 nitrogen and oxygen atoms in total. The monoisotopic (exact) mass is 265 g/mol. The molecule has 0 rings (SSSR count). The molecule has 0 aliphatic carbocycles. The molecule has 1 radical (unpaired) electrons. The van der Waals surface area contributed by atoms with Crippen molar-refractivity contribution in [1.82, 2.24) is 0 Å². The van der Waals surface area contributed by atoms with Gasteiger partial charge in [-0.15, -0.1) is 0 Å². The molecular formula is C19H37. The Bertz CT molecular complexity index is 252. The van der Waals surface area contributed by atoms with Gasteiger partial charge < -0.3 is 0 Å². The van der Waals surface area contributed by atoms with E-state index in [1.807, 2.05) is 0 Å². The van der Waals surface area contributed by atoms with Gasteiger partial charge >= 0.3 is 0 Å². The summed E-state index contributed by atoms with van der Waals surface area (Å²) in [4.78, 5) is 0. The van der Waals surface area contributed by atoms with E-state index in [2.05, 4.69) is 67.5 Å². The number of unbranched alkanes of at least 4 members (excludes halogenated alkanes) is 1. The van der Waals surface area contributed by atoms with E-state index in [1.165, 1.54) is 32.1 Å². The molecular weight excluding hydrogens is 228 g/mol. The Kier molecular flexibility index (Phi) is 8.01. The largest absolute Gasteiger partial charge is 0.0914 e. The molecule has 0 aromatic carbocycles. The lowest BCUT2D eigenvalue weighted by molar-refractivity contribution is 0.119. The summed E-state index contributed by atoms with van der Waals surface area (Å²) in [6, 6.07) is 0. The first-order valence-corrected chi connectivity index (χ1v) is 8.16. The minimum Gasteiger partial charge on any atom is -0.0914 e. The minimum atomic E-state index is 0.159. The third-order valence-corrected chi connectivity index (χ3v) is 4.20. The van der Waals surface area contributed by atoms with Gasteiger partial charge in [-0.1, -0.05) is 73.0 Å².